The molecule has 2 fully saturated rings. The third kappa shape index (κ3) is 4.87. The number of nitrogens with zero attached hydrogens (tertiary/aromatic N) is 1. The number of halogens is 1. The molecule has 2 saturated heterocycles. The number of hydrogen-bond donors (Lipinski definition) is 1. The zero-order chi connectivity index (χ0) is 17.8. The van der Waals surface area contributed by atoms with Gasteiger partial charge in [-0.15, -0.1) is 24.2 Å². The smallest absolute Gasteiger partial charge is 0.240 e. The van der Waals surface area contributed by atoms with Gasteiger partial charge in [0.1, 0.15) is 5.25 Å². The van der Waals surface area contributed by atoms with E-state index in [2.05, 4.69) is 34.5 Å². The maximum atomic E-state index is 13.5. The standard InChI is InChI=1S/C22H26N2OS.ClH/c25-22(24-13-11-18-15-23-16-19(18)12-14-24)21(17-7-3-1-4-8-17)26-20-9-5-2-6-10-20;/h1-10,18-19,21,23H,11-16H2;1H/t18-,19+,21?;. The number of benzene rings is 2. The molecule has 2 aromatic carbocycles. The molecular weight excluding hydrogens is 376 g/mol. The number of rotatable bonds is 4. The first kappa shape index (κ1) is 20.2. The highest BCUT2D eigenvalue weighted by atomic mass is 35.5. The molecule has 27 heavy (non-hydrogen) atoms. The van der Waals surface area contributed by atoms with E-state index in [1.54, 1.807) is 11.8 Å². The predicted molar refractivity (Wildman–Crippen MR) is 114 cm³/mol. The van der Waals surface area contributed by atoms with Gasteiger partial charge in [0.15, 0.2) is 0 Å². The van der Waals surface area contributed by atoms with Crippen LogP contribution in [0.15, 0.2) is 65.6 Å². The van der Waals surface area contributed by atoms with E-state index in [0.29, 0.717) is 0 Å². The monoisotopic (exact) mass is 402 g/mol. The molecule has 0 bridgehead atoms. The number of hydrogen-bond acceptors (Lipinski definition) is 3. The van der Waals surface area contributed by atoms with Crippen LogP contribution < -0.4 is 5.32 Å². The summed E-state index contributed by atoms with van der Waals surface area (Å²) < 4.78 is 0. The molecule has 0 aromatic heterocycles. The second kappa shape index (κ2) is 9.63. The zero-order valence-electron chi connectivity index (χ0n) is 15.4. The second-order valence-electron chi connectivity index (χ2n) is 7.30. The fourth-order valence-electron chi connectivity index (χ4n) is 4.13. The zero-order valence-corrected chi connectivity index (χ0v) is 17.1. The minimum atomic E-state index is -0.172. The molecule has 4 rings (SSSR count). The Morgan fingerprint density at radius 2 is 1.48 bits per heavy atom. The molecule has 3 atom stereocenters. The average molecular weight is 403 g/mol. The predicted octanol–water partition coefficient (Wildman–Crippen LogP) is 4.40. The van der Waals surface area contributed by atoms with Crippen molar-refractivity contribution in [3.05, 3.63) is 66.2 Å². The summed E-state index contributed by atoms with van der Waals surface area (Å²) in [5.41, 5.74) is 1.09. The van der Waals surface area contributed by atoms with Crippen molar-refractivity contribution in [2.45, 2.75) is 23.0 Å². The molecule has 1 unspecified atom stereocenters. The Morgan fingerprint density at radius 1 is 0.926 bits per heavy atom. The van der Waals surface area contributed by atoms with E-state index in [-0.39, 0.29) is 23.6 Å². The van der Waals surface area contributed by atoms with Gasteiger partial charge >= 0.3 is 0 Å². The molecule has 0 spiro atoms. The molecule has 144 valence electrons. The topological polar surface area (TPSA) is 32.3 Å². The van der Waals surface area contributed by atoms with Crippen molar-refractivity contribution in [1.82, 2.24) is 10.2 Å². The molecular formula is C22H27ClN2OS. The summed E-state index contributed by atoms with van der Waals surface area (Å²) in [5.74, 6) is 1.74. The van der Waals surface area contributed by atoms with Crippen LogP contribution in [-0.4, -0.2) is 37.0 Å². The van der Waals surface area contributed by atoms with Crippen molar-refractivity contribution >= 4 is 30.1 Å². The molecule has 1 amide bonds. The molecule has 2 aromatic rings. The molecule has 0 aliphatic carbocycles. The largest absolute Gasteiger partial charge is 0.341 e. The van der Waals surface area contributed by atoms with Crippen LogP contribution in [0, 0.1) is 11.8 Å². The highest BCUT2D eigenvalue weighted by molar-refractivity contribution is 8.00. The number of carbonyl (C=O) groups is 1. The number of thioether (sulfide) groups is 1. The average Bonchev–Trinajstić information content (AvgIpc) is 3.05. The lowest BCUT2D eigenvalue weighted by Gasteiger charge is -2.26. The van der Waals surface area contributed by atoms with Crippen molar-refractivity contribution in [3.8, 4) is 0 Å². The fraction of sp³-hybridized carbons (Fsp3) is 0.409. The highest BCUT2D eigenvalue weighted by Gasteiger charge is 2.34. The molecule has 0 saturated carbocycles. The first-order valence-electron chi connectivity index (χ1n) is 9.57. The Labute approximate surface area is 172 Å². The van der Waals surface area contributed by atoms with Crippen LogP contribution in [0.3, 0.4) is 0 Å². The van der Waals surface area contributed by atoms with Gasteiger partial charge < -0.3 is 10.2 Å². The third-order valence-electron chi connectivity index (χ3n) is 5.65. The summed E-state index contributed by atoms with van der Waals surface area (Å²) in [6.45, 7) is 4.02. The van der Waals surface area contributed by atoms with E-state index in [9.17, 15) is 4.79 Å². The minimum Gasteiger partial charge on any atom is -0.341 e. The van der Waals surface area contributed by atoms with Crippen molar-refractivity contribution in [3.63, 3.8) is 0 Å². The molecule has 3 nitrogen and oxygen atoms in total. The SMILES string of the molecule is Cl.O=C(C(Sc1ccccc1)c1ccccc1)N1CC[C@@H]2CNC[C@@H]2CC1. The summed E-state index contributed by atoms with van der Waals surface area (Å²) in [6.07, 6.45) is 2.25. The van der Waals surface area contributed by atoms with Gasteiger partial charge in [-0.25, -0.2) is 0 Å². The molecule has 0 radical (unpaired) electrons. The van der Waals surface area contributed by atoms with Crippen molar-refractivity contribution in [1.29, 1.82) is 0 Å². The van der Waals surface area contributed by atoms with Gasteiger partial charge in [-0.1, -0.05) is 48.5 Å². The number of likely N-dealkylation sites (tertiary alicyclic amines) is 1. The Kier molecular flexibility index (Phi) is 7.22. The normalized spacial score (nSPS) is 23.0. The van der Waals surface area contributed by atoms with Crippen molar-refractivity contribution in [2.75, 3.05) is 26.2 Å². The molecule has 1 N–H and O–H groups in total. The molecule has 2 heterocycles. The first-order valence-corrected chi connectivity index (χ1v) is 10.5. The van der Waals surface area contributed by atoms with Crippen LogP contribution >= 0.6 is 24.2 Å². The van der Waals surface area contributed by atoms with Crippen LogP contribution in [-0.2, 0) is 4.79 Å². The quantitative estimate of drug-likeness (QED) is 0.769. The maximum Gasteiger partial charge on any atom is 0.240 e. The van der Waals surface area contributed by atoms with Crippen LogP contribution in [0.1, 0.15) is 23.7 Å². The number of carbonyl (C=O) groups excluding carboxylic acids is 1. The van der Waals surface area contributed by atoms with Gasteiger partial charge in [-0.3, -0.25) is 4.79 Å². The van der Waals surface area contributed by atoms with Gasteiger partial charge in [0, 0.05) is 18.0 Å². The van der Waals surface area contributed by atoms with E-state index >= 15 is 0 Å². The van der Waals surface area contributed by atoms with E-state index in [4.69, 9.17) is 0 Å². The van der Waals surface area contributed by atoms with Gasteiger partial charge in [-0.2, -0.15) is 0 Å². The van der Waals surface area contributed by atoms with Gasteiger partial charge in [0.2, 0.25) is 5.91 Å². The Morgan fingerprint density at radius 3 is 2.07 bits per heavy atom. The second-order valence-corrected chi connectivity index (χ2v) is 8.48. The summed E-state index contributed by atoms with van der Waals surface area (Å²) in [4.78, 5) is 16.7. The van der Waals surface area contributed by atoms with Crippen LogP contribution in [0.25, 0.3) is 0 Å². The maximum absolute atomic E-state index is 13.5. The summed E-state index contributed by atoms with van der Waals surface area (Å²) in [5, 5.41) is 3.34. The Bertz CT molecular complexity index is 714. The van der Waals surface area contributed by atoms with E-state index in [1.807, 2.05) is 36.4 Å². The lowest BCUT2D eigenvalue weighted by Crippen LogP contribution is -2.35. The van der Waals surface area contributed by atoms with Crippen molar-refractivity contribution < 1.29 is 4.79 Å². The highest BCUT2D eigenvalue weighted by Crippen LogP contribution is 2.37. The number of fused-ring (bicyclic) bond motifs is 1. The Hall–Kier alpha value is -1.49. The fourth-order valence-corrected chi connectivity index (χ4v) is 5.26. The molecule has 2 aliphatic rings. The summed E-state index contributed by atoms with van der Waals surface area (Å²) >= 11 is 1.67. The number of amides is 1. The molecule has 2 aliphatic heterocycles. The lowest BCUT2D eigenvalue weighted by molar-refractivity contribution is -0.130. The van der Waals surface area contributed by atoms with Gasteiger partial charge in [0.05, 0.1) is 0 Å². The van der Waals surface area contributed by atoms with E-state index in [1.165, 1.54) is 0 Å². The van der Waals surface area contributed by atoms with Gasteiger partial charge in [-0.05, 0) is 55.5 Å². The summed E-state index contributed by atoms with van der Waals surface area (Å²) in [7, 11) is 0. The summed E-state index contributed by atoms with van der Waals surface area (Å²) in [6, 6.07) is 20.5. The van der Waals surface area contributed by atoms with Crippen molar-refractivity contribution in [2.24, 2.45) is 11.8 Å². The molecule has 5 heteroatoms. The first-order chi connectivity index (χ1) is 12.8. The third-order valence-corrected chi connectivity index (χ3v) is 6.91. The lowest BCUT2D eigenvalue weighted by atomic mass is 9.92. The van der Waals surface area contributed by atoms with Crippen LogP contribution in [0.5, 0.6) is 0 Å². The Balaban J connectivity index is 0.00000210. The number of nitrogens with one attached hydrogen (secondary N) is 1. The van der Waals surface area contributed by atoms with E-state index in [0.717, 1.165) is 61.3 Å². The van der Waals surface area contributed by atoms with E-state index < -0.39 is 0 Å². The van der Waals surface area contributed by atoms with Crippen LogP contribution in [0.2, 0.25) is 0 Å². The van der Waals surface area contributed by atoms with Gasteiger partial charge in [0.25, 0.3) is 0 Å². The minimum absolute atomic E-state index is 0. The van der Waals surface area contributed by atoms with Crippen LogP contribution in [0.4, 0.5) is 0 Å².